The van der Waals surface area contributed by atoms with Crippen LogP contribution in [-0.4, -0.2) is 25.0 Å². The first-order valence-electron chi connectivity index (χ1n) is 5.68. The largest absolute Gasteiger partial charge is 0.401 e. The summed E-state index contributed by atoms with van der Waals surface area (Å²) < 4.78 is 35.5. The third kappa shape index (κ3) is 4.96. The Morgan fingerprint density at radius 1 is 1.38 bits per heavy atom. The molecular formula is C11H18F3NO. The van der Waals surface area contributed by atoms with Gasteiger partial charge in [-0.1, -0.05) is 19.8 Å². The highest BCUT2D eigenvalue weighted by Crippen LogP contribution is 2.28. The Balaban J connectivity index is 2.24. The van der Waals surface area contributed by atoms with E-state index in [1.54, 1.807) is 0 Å². The lowest BCUT2D eigenvalue weighted by Crippen LogP contribution is -2.36. The summed E-state index contributed by atoms with van der Waals surface area (Å²) in [5.41, 5.74) is 0. The highest BCUT2D eigenvalue weighted by molar-refractivity contribution is 5.83. The van der Waals surface area contributed by atoms with Gasteiger partial charge in [-0.3, -0.25) is 4.79 Å². The van der Waals surface area contributed by atoms with Crippen molar-refractivity contribution < 1.29 is 18.0 Å². The van der Waals surface area contributed by atoms with E-state index in [-0.39, 0.29) is 18.2 Å². The third-order valence-electron chi connectivity index (χ3n) is 3.02. The lowest BCUT2D eigenvalue weighted by atomic mass is 9.80. The number of nitrogens with one attached hydrogen (secondary N) is 1. The monoisotopic (exact) mass is 237 g/mol. The summed E-state index contributed by atoms with van der Waals surface area (Å²) in [5.74, 6) is 0.408. The number of Topliss-reactive ketones (excluding diaryl/α,β-unsaturated/α-hetero) is 1. The van der Waals surface area contributed by atoms with Crippen molar-refractivity contribution in [1.29, 1.82) is 0 Å². The van der Waals surface area contributed by atoms with Crippen LogP contribution in [0, 0.1) is 11.8 Å². The standard InChI is InChI=1S/C11H18F3NO/c1-8-3-2-4-9(5-8)10(16)6-15-7-11(12,13)14/h8-9,15H,2-7H2,1H3. The molecule has 2 unspecified atom stereocenters. The second-order valence-corrected chi connectivity index (χ2v) is 4.65. The van der Waals surface area contributed by atoms with Gasteiger partial charge >= 0.3 is 6.18 Å². The van der Waals surface area contributed by atoms with E-state index in [4.69, 9.17) is 0 Å². The Kier molecular flexibility index (Phi) is 4.77. The summed E-state index contributed by atoms with van der Waals surface area (Å²) in [6.07, 6.45) is -0.444. The molecule has 1 aliphatic carbocycles. The van der Waals surface area contributed by atoms with Crippen molar-refractivity contribution in [3.8, 4) is 0 Å². The van der Waals surface area contributed by atoms with E-state index in [1.165, 1.54) is 0 Å². The number of halogens is 3. The van der Waals surface area contributed by atoms with E-state index in [2.05, 4.69) is 12.2 Å². The zero-order valence-corrected chi connectivity index (χ0v) is 9.44. The van der Waals surface area contributed by atoms with Gasteiger partial charge in [0.05, 0.1) is 13.1 Å². The number of hydrogen-bond acceptors (Lipinski definition) is 2. The van der Waals surface area contributed by atoms with E-state index >= 15 is 0 Å². The minimum Gasteiger partial charge on any atom is -0.302 e. The fourth-order valence-electron chi connectivity index (χ4n) is 2.20. The zero-order valence-electron chi connectivity index (χ0n) is 9.44. The summed E-state index contributed by atoms with van der Waals surface area (Å²) in [7, 11) is 0. The molecule has 0 aliphatic heterocycles. The molecule has 0 radical (unpaired) electrons. The normalized spacial score (nSPS) is 26.8. The molecule has 1 rings (SSSR count). The van der Waals surface area contributed by atoms with Gasteiger partial charge in [-0.25, -0.2) is 0 Å². The van der Waals surface area contributed by atoms with E-state index in [0.717, 1.165) is 25.7 Å². The van der Waals surface area contributed by atoms with Gasteiger partial charge in [0, 0.05) is 5.92 Å². The molecule has 0 aromatic carbocycles. The molecule has 1 fully saturated rings. The first-order chi connectivity index (χ1) is 7.38. The van der Waals surface area contributed by atoms with Gasteiger partial charge in [0.2, 0.25) is 0 Å². The fraction of sp³-hybridized carbons (Fsp3) is 0.909. The smallest absolute Gasteiger partial charge is 0.302 e. The number of alkyl halides is 3. The van der Waals surface area contributed by atoms with Crippen LogP contribution < -0.4 is 5.32 Å². The highest BCUT2D eigenvalue weighted by Gasteiger charge is 2.28. The van der Waals surface area contributed by atoms with Gasteiger partial charge in [-0.2, -0.15) is 13.2 Å². The quantitative estimate of drug-likeness (QED) is 0.814. The van der Waals surface area contributed by atoms with Gasteiger partial charge in [-0.05, 0) is 18.8 Å². The van der Waals surface area contributed by atoms with Crippen LogP contribution in [0.3, 0.4) is 0 Å². The van der Waals surface area contributed by atoms with Crippen LogP contribution >= 0.6 is 0 Å². The van der Waals surface area contributed by atoms with Crippen molar-refractivity contribution in [1.82, 2.24) is 5.32 Å². The van der Waals surface area contributed by atoms with Gasteiger partial charge in [0.1, 0.15) is 5.78 Å². The summed E-state index contributed by atoms with van der Waals surface area (Å²) in [6, 6.07) is 0. The van der Waals surface area contributed by atoms with Crippen LogP contribution in [0.2, 0.25) is 0 Å². The topological polar surface area (TPSA) is 29.1 Å². The molecule has 0 saturated heterocycles. The average molecular weight is 237 g/mol. The van der Waals surface area contributed by atoms with Gasteiger partial charge in [-0.15, -0.1) is 0 Å². The first kappa shape index (κ1) is 13.5. The SMILES string of the molecule is CC1CCCC(C(=O)CNCC(F)(F)F)C1. The summed E-state index contributed by atoms with van der Waals surface area (Å²) in [5, 5.41) is 2.16. The molecule has 0 spiro atoms. The molecule has 0 heterocycles. The minimum atomic E-state index is -4.24. The molecule has 0 aromatic heterocycles. The third-order valence-corrected chi connectivity index (χ3v) is 3.02. The second-order valence-electron chi connectivity index (χ2n) is 4.65. The summed E-state index contributed by atoms with van der Waals surface area (Å²) in [4.78, 5) is 11.6. The molecule has 5 heteroatoms. The van der Waals surface area contributed by atoms with Crippen molar-refractivity contribution >= 4 is 5.78 Å². The lowest BCUT2D eigenvalue weighted by molar-refractivity contribution is -0.129. The molecule has 2 nitrogen and oxygen atoms in total. The van der Waals surface area contributed by atoms with Gasteiger partial charge in [0.25, 0.3) is 0 Å². The Morgan fingerprint density at radius 2 is 2.06 bits per heavy atom. The zero-order chi connectivity index (χ0) is 12.2. The van der Waals surface area contributed by atoms with Crippen LogP contribution in [0.5, 0.6) is 0 Å². The highest BCUT2D eigenvalue weighted by atomic mass is 19.4. The van der Waals surface area contributed by atoms with E-state index in [1.807, 2.05) is 0 Å². The number of carbonyl (C=O) groups excluding carboxylic acids is 1. The predicted molar refractivity (Wildman–Crippen MR) is 55.1 cm³/mol. The summed E-state index contributed by atoms with van der Waals surface area (Å²) in [6.45, 7) is 0.848. The Bertz CT molecular complexity index is 240. The van der Waals surface area contributed by atoms with Crippen molar-refractivity contribution in [2.24, 2.45) is 11.8 Å². The molecular weight excluding hydrogens is 219 g/mol. The van der Waals surface area contributed by atoms with E-state index < -0.39 is 12.7 Å². The molecule has 1 saturated carbocycles. The minimum absolute atomic E-state index is 0.0375. The summed E-state index contributed by atoms with van der Waals surface area (Å²) >= 11 is 0. The van der Waals surface area contributed by atoms with Crippen molar-refractivity contribution in [3.63, 3.8) is 0 Å². The maximum absolute atomic E-state index is 11.8. The molecule has 0 bridgehead atoms. The van der Waals surface area contributed by atoms with Crippen LogP contribution in [0.1, 0.15) is 32.6 Å². The number of rotatable bonds is 4. The Labute approximate surface area is 93.6 Å². The van der Waals surface area contributed by atoms with Crippen LogP contribution in [0.25, 0.3) is 0 Å². The number of ketones is 1. The number of hydrogen-bond donors (Lipinski definition) is 1. The molecule has 16 heavy (non-hydrogen) atoms. The van der Waals surface area contributed by atoms with Crippen molar-refractivity contribution in [2.75, 3.05) is 13.1 Å². The molecule has 1 aliphatic rings. The predicted octanol–water partition coefficient (Wildman–Crippen LogP) is 2.53. The Hall–Kier alpha value is -0.580. The fourth-order valence-corrected chi connectivity index (χ4v) is 2.20. The van der Waals surface area contributed by atoms with Crippen LogP contribution in [-0.2, 0) is 4.79 Å². The number of carbonyl (C=O) groups is 1. The molecule has 1 N–H and O–H groups in total. The second kappa shape index (κ2) is 5.66. The lowest BCUT2D eigenvalue weighted by Gasteiger charge is -2.25. The first-order valence-corrected chi connectivity index (χ1v) is 5.68. The molecule has 94 valence electrons. The Morgan fingerprint density at radius 3 is 2.62 bits per heavy atom. The van der Waals surface area contributed by atoms with Crippen LogP contribution in [0.15, 0.2) is 0 Å². The van der Waals surface area contributed by atoms with Gasteiger partial charge in [0.15, 0.2) is 0 Å². The molecule has 2 atom stereocenters. The molecule has 0 aromatic rings. The maximum Gasteiger partial charge on any atom is 0.401 e. The van der Waals surface area contributed by atoms with Gasteiger partial charge < -0.3 is 5.32 Å². The van der Waals surface area contributed by atoms with Crippen molar-refractivity contribution in [3.05, 3.63) is 0 Å². The van der Waals surface area contributed by atoms with Crippen LogP contribution in [0.4, 0.5) is 13.2 Å². The maximum atomic E-state index is 11.8. The average Bonchev–Trinajstić information content (AvgIpc) is 2.15. The van der Waals surface area contributed by atoms with E-state index in [9.17, 15) is 18.0 Å². The van der Waals surface area contributed by atoms with E-state index in [0.29, 0.717) is 5.92 Å². The molecule has 0 amide bonds. The van der Waals surface area contributed by atoms with Crippen molar-refractivity contribution in [2.45, 2.75) is 38.8 Å².